The Morgan fingerprint density at radius 3 is 2.29 bits per heavy atom. The second kappa shape index (κ2) is 6.99. The molecule has 0 saturated carbocycles. The van der Waals surface area contributed by atoms with E-state index in [1.165, 1.54) is 0 Å². The van der Waals surface area contributed by atoms with E-state index in [2.05, 4.69) is 0 Å². The summed E-state index contributed by atoms with van der Waals surface area (Å²) in [5.74, 6) is 2.35. The van der Waals surface area contributed by atoms with E-state index in [0.717, 1.165) is 28.4 Å². The van der Waals surface area contributed by atoms with Crippen LogP contribution in [0.25, 0.3) is 0 Å². The third-order valence-electron chi connectivity index (χ3n) is 3.47. The highest BCUT2D eigenvalue weighted by Crippen LogP contribution is 2.30. The van der Waals surface area contributed by atoms with Crippen molar-refractivity contribution in [2.45, 2.75) is 12.5 Å². The molecular weight excluding hydrogens is 266 g/mol. The molecule has 0 radical (unpaired) electrons. The monoisotopic (exact) mass is 287 g/mol. The normalized spacial score (nSPS) is 11.8. The van der Waals surface area contributed by atoms with Crippen LogP contribution in [0.3, 0.4) is 0 Å². The van der Waals surface area contributed by atoms with E-state index >= 15 is 0 Å². The fraction of sp³-hybridized carbons (Fsp3) is 0.294. The molecule has 2 aromatic carbocycles. The maximum Gasteiger partial charge on any atom is 0.125 e. The van der Waals surface area contributed by atoms with Crippen molar-refractivity contribution in [3.63, 3.8) is 0 Å². The number of rotatable bonds is 6. The summed E-state index contributed by atoms with van der Waals surface area (Å²) in [7, 11) is 4.93. The standard InChI is InChI=1S/C17H21NO3/c1-19-13-9-8-12(17(11-13)21-3)10-15(18)14-6-4-5-7-16(14)20-2/h4-9,11,15H,10,18H2,1-3H3. The lowest BCUT2D eigenvalue weighted by molar-refractivity contribution is 0.388. The van der Waals surface area contributed by atoms with E-state index in [4.69, 9.17) is 19.9 Å². The summed E-state index contributed by atoms with van der Waals surface area (Å²) in [6.07, 6.45) is 0.660. The molecule has 4 heteroatoms. The first-order chi connectivity index (χ1) is 10.2. The number of benzene rings is 2. The first-order valence-electron chi connectivity index (χ1n) is 6.79. The first kappa shape index (κ1) is 15.2. The number of hydrogen-bond acceptors (Lipinski definition) is 4. The number of para-hydroxylation sites is 1. The average Bonchev–Trinajstić information content (AvgIpc) is 2.55. The van der Waals surface area contributed by atoms with Crippen LogP contribution in [0.4, 0.5) is 0 Å². The molecule has 0 heterocycles. The second-order valence-corrected chi connectivity index (χ2v) is 4.73. The summed E-state index contributed by atoms with van der Waals surface area (Å²) >= 11 is 0. The summed E-state index contributed by atoms with van der Waals surface area (Å²) in [6.45, 7) is 0. The van der Waals surface area contributed by atoms with Crippen LogP contribution in [0.5, 0.6) is 17.2 Å². The molecule has 4 nitrogen and oxygen atoms in total. The lowest BCUT2D eigenvalue weighted by Crippen LogP contribution is -2.15. The molecular formula is C17H21NO3. The summed E-state index contributed by atoms with van der Waals surface area (Å²) in [6, 6.07) is 13.4. The topological polar surface area (TPSA) is 53.7 Å². The van der Waals surface area contributed by atoms with Gasteiger partial charge in [-0.2, -0.15) is 0 Å². The molecule has 0 bridgehead atoms. The molecule has 0 aliphatic heterocycles. The molecule has 1 atom stereocenters. The molecule has 21 heavy (non-hydrogen) atoms. The highest BCUT2D eigenvalue weighted by atomic mass is 16.5. The van der Waals surface area contributed by atoms with Crippen molar-refractivity contribution < 1.29 is 14.2 Å². The number of ether oxygens (including phenoxy) is 3. The van der Waals surface area contributed by atoms with Crippen LogP contribution in [-0.4, -0.2) is 21.3 Å². The molecule has 0 aliphatic rings. The van der Waals surface area contributed by atoms with Gasteiger partial charge in [0.1, 0.15) is 17.2 Å². The maximum atomic E-state index is 6.33. The number of nitrogens with two attached hydrogens (primary N) is 1. The van der Waals surface area contributed by atoms with Crippen LogP contribution in [0.1, 0.15) is 17.2 Å². The van der Waals surface area contributed by atoms with Crippen LogP contribution in [0, 0.1) is 0 Å². The van der Waals surface area contributed by atoms with Gasteiger partial charge in [-0.1, -0.05) is 24.3 Å². The Balaban J connectivity index is 2.25. The van der Waals surface area contributed by atoms with Gasteiger partial charge in [0.15, 0.2) is 0 Å². The minimum atomic E-state index is -0.163. The van der Waals surface area contributed by atoms with Crippen LogP contribution in [0.2, 0.25) is 0 Å². The molecule has 2 N–H and O–H groups in total. The first-order valence-corrected chi connectivity index (χ1v) is 6.79. The van der Waals surface area contributed by atoms with Gasteiger partial charge in [-0.25, -0.2) is 0 Å². The van der Waals surface area contributed by atoms with Gasteiger partial charge in [-0.15, -0.1) is 0 Å². The maximum absolute atomic E-state index is 6.33. The molecule has 112 valence electrons. The second-order valence-electron chi connectivity index (χ2n) is 4.73. The largest absolute Gasteiger partial charge is 0.497 e. The van der Waals surface area contributed by atoms with Gasteiger partial charge in [0, 0.05) is 17.7 Å². The molecule has 0 spiro atoms. The van der Waals surface area contributed by atoms with Crippen molar-refractivity contribution >= 4 is 0 Å². The molecule has 1 unspecified atom stereocenters. The summed E-state index contributed by atoms with van der Waals surface area (Å²) in [4.78, 5) is 0. The van der Waals surface area contributed by atoms with Gasteiger partial charge >= 0.3 is 0 Å². The summed E-state index contributed by atoms with van der Waals surface area (Å²) in [5, 5.41) is 0. The Morgan fingerprint density at radius 1 is 0.905 bits per heavy atom. The van der Waals surface area contributed by atoms with Gasteiger partial charge in [-0.3, -0.25) is 0 Å². The van der Waals surface area contributed by atoms with Crippen LogP contribution >= 0.6 is 0 Å². The third kappa shape index (κ3) is 3.47. The van der Waals surface area contributed by atoms with Crippen molar-refractivity contribution in [2.24, 2.45) is 5.73 Å². The predicted molar refractivity (Wildman–Crippen MR) is 83.2 cm³/mol. The smallest absolute Gasteiger partial charge is 0.125 e. The van der Waals surface area contributed by atoms with E-state index in [0.29, 0.717) is 6.42 Å². The Kier molecular flexibility index (Phi) is 5.06. The molecule has 0 aliphatic carbocycles. The summed E-state index contributed by atoms with van der Waals surface area (Å²) < 4.78 is 16.0. The van der Waals surface area contributed by atoms with Gasteiger partial charge in [0.05, 0.1) is 21.3 Å². The SMILES string of the molecule is COc1ccc(CC(N)c2ccccc2OC)c(OC)c1. The van der Waals surface area contributed by atoms with Crippen LogP contribution in [0.15, 0.2) is 42.5 Å². The van der Waals surface area contributed by atoms with E-state index in [1.807, 2.05) is 42.5 Å². The van der Waals surface area contributed by atoms with Crippen LogP contribution in [-0.2, 0) is 6.42 Å². The lowest BCUT2D eigenvalue weighted by atomic mass is 9.98. The fourth-order valence-corrected chi connectivity index (χ4v) is 2.34. The quantitative estimate of drug-likeness (QED) is 0.887. The molecule has 0 saturated heterocycles. The fourth-order valence-electron chi connectivity index (χ4n) is 2.34. The van der Waals surface area contributed by atoms with Gasteiger partial charge in [0.2, 0.25) is 0 Å². The molecule has 2 aromatic rings. The zero-order valence-electron chi connectivity index (χ0n) is 12.6. The average molecular weight is 287 g/mol. The van der Waals surface area contributed by atoms with Gasteiger partial charge in [-0.05, 0) is 24.1 Å². The summed E-state index contributed by atoms with van der Waals surface area (Å²) in [5.41, 5.74) is 8.35. The Labute approximate surface area is 125 Å². The Hall–Kier alpha value is -2.20. The van der Waals surface area contributed by atoms with Crippen molar-refractivity contribution in [1.29, 1.82) is 0 Å². The van der Waals surface area contributed by atoms with Gasteiger partial charge < -0.3 is 19.9 Å². The zero-order valence-corrected chi connectivity index (χ0v) is 12.6. The highest BCUT2D eigenvalue weighted by molar-refractivity contribution is 5.43. The van der Waals surface area contributed by atoms with E-state index in [1.54, 1.807) is 21.3 Å². The number of methoxy groups -OCH3 is 3. The zero-order chi connectivity index (χ0) is 15.2. The molecule has 0 aromatic heterocycles. The minimum Gasteiger partial charge on any atom is -0.497 e. The van der Waals surface area contributed by atoms with Crippen molar-refractivity contribution in [1.82, 2.24) is 0 Å². The van der Waals surface area contributed by atoms with Crippen molar-refractivity contribution in [2.75, 3.05) is 21.3 Å². The minimum absolute atomic E-state index is 0.163. The van der Waals surface area contributed by atoms with E-state index in [-0.39, 0.29) is 6.04 Å². The van der Waals surface area contributed by atoms with Crippen molar-refractivity contribution in [3.05, 3.63) is 53.6 Å². The molecule has 2 rings (SSSR count). The lowest BCUT2D eigenvalue weighted by Gasteiger charge is -2.17. The predicted octanol–water partition coefficient (Wildman–Crippen LogP) is 2.95. The molecule has 0 amide bonds. The Morgan fingerprint density at radius 2 is 1.62 bits per heavy atom. The molecule has 0 fully saturated rings. The van der Waals surface area contributed by atoms with E-state index < -0.39 is 0 Å². The highest BCUT2D eigenvalue weighted by Gasteiger charge is 2.15. The number of hydrogen-bond donors (Lipinski definition) is 1. The Bertz CT molecular complexity index is 598. The van der Waals surface area contributed by atoms with Gasteiger partial charge in [0.25, 0.3) is 0 Å². The van der Waals surface area contributed by atoms with Crippen LogP contribution < -0.4 is 19.9 Å². The van der Waals surface area contributed by atoms with E-state index in [9.17, 15) is 0 Å². The van der Waals surface area contributed by atoms with Crippen molar-refractivity contribution in [3.8, 4) is 17.2 Å². The third-order valence-corrected chi connectivity index (χ3v) is 3.47.